The topological polar surface area (TPSA) is 25.1 Å². The Kier molecular flexibility index (Phi) is 0.647. The second kappa shape index (κ2) is 1.16. The van der Waals surface area contributed by atoms with Gasteiger partial charge in [-0.05, 0) is 13.8 Å². The van der Waals surface area contributed by atoms with E-state index in [4.69, 9.17) is 9.47 Å². The lowest BCUT2D eigenvalue weighted by Gasteiger charge is -2.13. The lowest BCUT2D eigenvalue weighted by molar-refractivity contribution is 0.233. The molecule has 1 saturated carbocycles. The largest absolute Gasteiger partial charge is 0.369 e. The summed E-state index contributed by atoms with van der Waals surface area (Å²) >= 11 is 0. The van der Waals surface area contributed by atoms with E-state index in [1.54, 1.807) is 0 Å². The average Bonchev–Trinajstić information content (AvgIpc) is 2.53. The molecule has 0 aromatic heterocycles. The van der Waals surface area contributed by atoms with Gasteiger partial charge in [-0.1, -0.05) is 0 Å². The first-order valence-electron chi connectivity index (χ1n) is 3.99. The van der Waals surface area contributed by atoms with Crippen molar-refractivity contribution in [1.82, 2.24) is 0 Å². The number of hydrogen-bond donors (Lipinski definition) is 0. The molecule has 0 spiro atoms. The third kappa shape index (κ3) is 0.453. The molecular formula is C8H12O2. The third-order valence-electron chi connectivity index (χ3n) is 3.40. The van der Waals surface area contributed by atoms with Gasteiger partial charge in [-0.2, -0.15) is 0 Å². The van der Waals surface area contributed by atoms with Gasteiger partial charge in [0.25, 0.3) is 0 Å². The highest BCUT2D eigenvalue weighted by molar-refractivity contribution is 5.20. The molecule has 2 heteroatoms. The van der Waals surface area contributed by atoms with Gasteiger partial charge in [0.15, 0.2) is 0 Å². The molecular weight excluding hydrogens is 128 g/mol. The smallest absolute Gasteiger partial charge is 0.0976 e. The van der Waals surface area contributed by atoms with E-state index < -0.39 is 0 Å². The summed E-state index contributed by atoms with van der Waals surface area (Å²) < 4.78 is 11.1. The van der Waals surface area contributed by atoms with Crippen LogP contribution in [0.1, 0.15) is 26.7 Å². The first-order chi connectivity index (χ1) is 4.63. The minimum Gasteiger partial charge on any atom is -0.369 e. The monoisotopic (exact) mass is 140 g/mol. The Hall–Kier alpha value is -0.0800. The molecule has 1 aliphatic carbocycles. The molecule has 0 unspecified atom stereocenters. The van der Waals surface area contributed by atoms with Crippen molar-refractivity contribution in [3.8, 4) is 0 Å². The molecule has 0 aromatic carbocycles. The summed E-state index contributed by atoms with van der Waals surface area (Å²) in [6.45, 7) is 4.40. The van der Waals surface area contributed by atoms with Gasteiger partial charge >= 0.3 is 0 Å². The maximum atomic E-state index is 5.67. The van der Waals surface area contributed by atoms with Crippen LogP contribution in [0.2, 0.25) is 0 Å². The van der Waals surface area contributed by atoms with Gasteiger partial charge in [0.05, 0.1) is 23.4 Å². The maximum absolute atomic E-state index is 5.67. The SMILES string of the molecule is C[C@]12C[C@H]3O[C@@H]3C[C@]1(C)O2. The van der Waals surface area contributed by atoms with Crippen LogP contribution < -0.4 is 0 Å². The molecule has 3 aliphatic rings. The summed E-state index contributed by atoms with van der Waals surface area (Å²) in [6, 6.07) is 0. The molecule has 0 bridgehead atoms. The van der Waals surface area contributed by atoms with E-state index in [2.05, 4.69) is 13.8 Å². The van der Waals surface area contributed by atoms with Crippen LogP contribution in [0.15, 0.2) is 0 Å². The van der Waals surface area contributed by atoms with Crippen LogP contribution >= 0.6 is 0 Å². The predicted molar refractivity (Wildman–Crippen MR) is 35.8 cm³/mol. The highest BCUT2D eigenvalue weighted by atomic mass is 16.7. The van der Waals surface area contributed by atoms with E-state index in [9.17, 15) is 0 Å². The Morgan fingerprint density at radius 2 is 1.60 bits per heavy atom. The zero-order valence-electron chi connectivity index (χ0n) is 6.39. The van der Waals surface area contributed by atoms with E-state index in [0.717, 1.165) is 12.8 Å². The Labute approximate surface area is 60.5 Å². The number of hydrogen-bond acceptors (Lipinski definition) is 2. The lowest BCUT2D eigenvalue weighted by atomic mass is 9.82. The van der Waals surface area contributed by atoms with Crippen molar-refractivity contribution in [1.29, 1.82) is 0 Å². The molecule has 3 fully saturated rings. The van der Waals surface area contributed by atoms with Crippen molar-refractivity contribution >= 4 is 0 Å². The number of epoxide rings is 2. The number of fused-ring (bicyclic) bond motifs is 2. The van der Waals surface area contributed by atoms with Crippen LogP contribution in [0.25, 0.3) is 0 Å². The molecule has 3 rings (SSSR count). The van der Waals surface area contributed by atoms with Crippen LogP contribution in [-0.4, -0.2) is 23.4 Å². The number of rotatable bonds is 0. The Bertz CT molecular complexity index is 183. The summed E-state index contributed by atoms with van der Waals surface area (Å²) in [5.74, 6) is 0. The first kappa shape index (κ1) is 5.56. The molecule has 0 N–H and O–H groups in total. The van der Waals surface area contributed by atoms with Crippen molar-refractivity contribution in [3.63, 3.8) is 0 Å². The van der Waals surface area contributed by atoms with Crippen molar-refractivity contribution < 1.29 is 9.47 Å². The molecule has 2 nitrogen and oxygen atoms in total. The first-order valence-corrected chi connectivity index (χ1v) is 3.99. The van der Waals surface area contributed by atoms with Crippen molar-refractivity contribution in [2.75, 3.05) is 0 Å². The standard InChI is InChI=1S/C8H12O2/c1-7-3-5-6(9-5)4-8(7,2)10-7/h5-6H,3-4H2,1-2H3/t5-,6-,7+,8+/m1/s1. The van der Waals surface area contributed by atoms with E-state index in [-0.39, 0.29) is 11.2 Å². The van der Waals surface area contributed by atoms with Crippen LogP contribution in [-0.2, 0) is 9.47 Å². The minimum atomic E-state index is 0.171. The predicted octanol–water partition coefficient (Wildman–Crippen LogP) is 1.10. The quantitative estimate of drug-likeness (QED) is 0.471. The van der Waals surface area contributed by atoms with E-state index >= 15 is 0 Å². The zero-order valence-corrected chi connectivity index (χ0v) is 6.39. The van der Waals surface area contributed by atoms with Gasteiger partial charge in [0.2, 0.25) is 0 Å². The van der Waals surface area contributed by atoms with Crippen LogP contribution in [0.3, 0.4) is 0 Å². The summed E-state index contributed by atoms with van der Waals surface area (Å²) in [5, 5.41) is 0. The molecule has 2 heterocycles. The number of ether oxygens (including phenoxy) is 2. The Balaban J connectivity index is 1.92. The van der Waals surface area contributed by atoms with Gasteiger partial charge in [-0.25, -0.2) is 0 Å². The molecule has 0 aromatic rings. The van der Waals surface area contributed by atoms with E-state index in [0.29, 0.717) is 12.2 Å². The maximum Gasteiger partial charge on any atom is 0.0976 e. The van der Waals surface area contributed by atoms with Gasteiger partial charge in [0.1, 0.15) is 0 Å². The third-order valence-corrected chi connectivity index (χ3v) is 3.40. The second-order valence-corrected chi connectivity index (χ2v) is 4.19. The summed E-state index contributed by atoms with van der Waals surface area (Å²) in [4.78, 5) is 0. The minimum absolute atomic E-state index is 0.171. The summed E-state index contributed by atoms with van der Waals surface area (Å²) in [7, 11) is 0. The van der Waals surface area contributed by atoms with Crippen LogP contribution in [0.4, 0.5) is 0 Å². The van der Waals surface area contributed by atoms with Gasteiger partial charge in [0, 0.05) is 12.8 Å². The fraction of sp³-hybridized carbons (Fsp3) is 1.00. The molecule has 2 aliphatic heterocycles. The van der Waals surface area contributed by atoms with E-state index in [1.807, 2.05) is 0 Å². The Morgan fingerprint density at radius 3 is 2.10 bits per heavy atom. The van der Waals surface area contributed by atoms with Crippen LogP contribution in [0.5, 0.6) is 0 Å². The molecule has 0 amide bonds. The van der Waals surface area contributed by atoms with Gasteiger partial charge < -0.3 is 9.47 Å². The van der Waals surface area contributed by atoms with Gasteiger partial charge in [-0.15, -0.1) is 0 Å². The van der Waals surface area contributed by atoms with Gasteiger partial charge in [-0.3, -0.25) is 0 Å². The lowest BCUT2D eigenvalue weighted by Crippen LogP contribution is -2.28. The highest BCUT2D eigenvalue weighted by Crippen LogP contribution is 2.61. The molecule has 0 radical (unpaired) electrons. The molecule has 2 saturated heterocycles. The summed E-state index contributed by atoms with van der Waals surface area (Å²) in [5.41, 5.74) is 0.343. The van der Waals surface area contributed by atoms with Crippen LogP contribution in [0, 0.1) is 0 Å². The average molecular weight is 140 g/mol. The van der Waals surface area contributed by atoms with Crippen molar-refractivity contribution in [2.24, 2.45) is 0 Å². The highest BCUT2D eigenvalue weighted by Gasteiger charge is 2.72. The normalized spacial score (nSPS) is 70.2. The Morgan fingerprint density at radius 1 is 1.10 bits per heavy atom. The van der Waals surface area contributed by atoms with Crippen molar-refractivity contribution in [2.45, 2.75) is 50.1 Å². The zero-order chi connectivity index (χ0) is 6.98. The molecule has 4 atom stereocenters. The second-order valence-electron chi connectivity index (χ2n) is 4.19. The molecule has 10 heavy (non-hydrogen) atoms. The molecule has 56 valence electrons. The fourth-order valence-electron chi connectivity index (χ4n) is 2.29. The van der Waals surface area contributed by atoms with Crippen molar-refractivity contribution in [3.05, 3.63) is 0 Å². The summed E-state index contributed by atoms with van der Waals surface area (Å²) in [6.07, 6.45) is 3.32. The fourth-order valence-corrected chi connectivity index (χ4v) is 2.29. The van der Waals surface area contributed by atoms with E-state index in [1.165, 1.54) is 0 Å².